The van der Waals surface area contributed by atoms with E-state index < -0.39 is 0 Å². The second-order valence-corrected chi connectivity index (χ2v) is 5.28. The van der Waals surface area contributed by atoms with Crippen molar-refractivity contribution in [1.82, 2.24) is 4.98 Å². The molecule has 2 rings (SSSR count). The lowest BCUT2D eigenvalue weighted by Crippen LogP contribution is -1.94. The van der Waals surface area contributed by atoms with E-state index in [9.17, 15) is 0 Å². The normalized spacial score (nSPS) is 10.4. The van der Waals surface area contributed by atoms with Gasteiger partial charge in [-0.2, -0.15) is 0 Å². The summed E-state index contributed by atoms with van der Waals surface area (Å²) in [5, 5.41) is 0.948. The molecule has 0 saturated heterocycles. The fourth-order valence-electron chi connectivity index (χ4n) is 1.19. The molecule has 16 heavy (non-hydrogen) atoms. The molecule has 0 saturated carbocycles. The molecule has 1 heterocycles. The van der Waals surface area contributed by atoms with Crippen LogP contribution in [-0.2, 0) is 13.2 Å². The van der Waals surface area contributed by atoms with Crippen LogP contribution in [0.2, 0.25) is 0 Å². The fraction of sp³-hybridized carbons (Fsp3) is 0.182. The third-order valence-corrected chi connectivity index (χ3v) is 3.50. The first-order chi connectivity index (χ1) is 7.78. The van der Waals surface area contributed by atoms with Crippen LogP contribution in [0.15, 0.2) is 34.9 Å². The first-order valence-electron chi connectivity index (χ1n) is 4.80. The Morgan fingerprint density at radius 1 is 1.31 bits per heavy atom. The number of nitrogens with zero attached hydrogens (tertiary/aromatic N) is 1. The molecule has 0 bridgehead atoms. The molecule has 0 atom stereocenters. The molecule has 0 aliphatic carbocycles. The van der Waals surface area contributed by atoms with Gasteiger partial charge < -0.3 is 10.5 Å². The quantitative estimate of drug-likeness (QED) is 0.944. The molecule has 1 aromatic carbocycles. The molecule has 0 amide bonds. The highest BCUT2D eigenvalue weighted by Crippen LogP contribution is 2.19. The Balaban J connectivity index is 1.94. The standard InChI is InChI=1S/C11H11BrN2OS/c12-8-1-3-9(4-2-8)15-7-11-14-6-10(5-13)16-11/h1-4,6H,5,7,13H2. The molecule has 2 N–H and O–H groups in total. The zero-order valence-corrected chi connectivity index (χ0v) is 10.9. The molecule has 84 valence electrons. The maximum absolute atomic E-state index is 5.59. The summed E-state index contributed by atoms with van der Waals surface area (Å²) in [6, 6.07) is 7.73. The number of benzene rings is 1. The van der Waals surface area contributed by atoms with E-state index in [0.717, 1.165) is 20.1 Å². The Labute approximate surface area is 106 Å². The van der Waals surface area contributed by atoms with Crippen molar-refractivity contribution < 1.29 is 4.74 Å². The van der Waals surface area contributed by atoms with E-state index in [-0.39, 0.29) is 0 Å². The average Bonchev–Trinajstić information content (AvgIpc) is 2.76. The molecule has 0 aliphatic heterocycles. The van der Waals surface area contributed by atoms with Crippen molar-refractivity contribution in [3.05, 3.63) is 44.8 Å². The number of halogens is 1. The number of hydrogen-bond donors (Lipinski definition) is 1. The molecular formula is C11H11BrN2OS. The summed E-state index contributed by atoms with van der Waals surface area (Å²) in [5.41, 5.74) is 5.51. The van der Waals surface area contributed by atoms with Gasteiger partial charge in [0.05, 0.1) is 0 Å². The number of ether oxygens (including phenoxy) is 1. The summed E-state index contributed by atoms with van der Waals surface area (Å²) < 4.78 is 6.63. The summed E-state index contributed by atoms with van der Waals surface area (Å²) >= 11 is 4.96. The van der Waals surface area contributed by atoms with Crippen LogP contribution in [0, 0.1) is 0 Å². The van der Waals surface area contributed by atoms with Crippen LogP contribution < -0.4 is 10.5 Å². The maximum Gasteiger partial charge on any atom is 0.140 e. The molecular weight excluding hydrogens is 288 g/mol. The van der Waals surface area contributed by atoms with Crippen LogP contribution in [0.1, 0.15) is 9.88 Å². The lowest BCUT2D eigenvalue weighted by molar-refractivity contribution is 0.305. The number of hydrogen-bond acceptors (Lipinski definition) is 4. The molecule has 0 fully saturated rings. The van der Waals surface area contributed by atoms with Crippen molar-refractivity contribution in [2.75, 3.05) is 0 Å². The Morgan fingerprint density at radius 2 is 2.06 bits per heavy atom. The number of nitrogens with two attached hydrogens (primary N) is 1. The Morgan fingerprint density at radius 3 is 2.69 bits per heavy atom. The fourth-order valence-corrected chi connectivity index (χ4v) is 2.16. The molecule has 0 unspecified atom stereocenters. The second kappa shape index (κ2) is 5.43. The van der Waals surface area contributed by atoms with Crippen LogP contribution in [0.4, 0.5) is 0 Å². The minimum absolute atomic E-state index is 0.492. The second-order valence-electron chi connectivity index (χ2n) is 3.17. The zero-order chi connectivity index (χ0) is 11.4. The number of thiazole rings is 1. The number of rotatable bonds is 4. The van der Waals surface area contributed by atoms with Crippen molar-refractivity contribution in [2.45, 2.75) is 13.2 Å². The Bertz CT molecular complexity index is 455. The van der Waals surface area contributed by atoms with Crippen LogP contribution in [-0.4, -0.2) is 4.98 Å². The minimum Gasteiger partial charge on any atom is -0.486 e. The van der Waals surface area contributed by atoms with E-state index in [2.05, 4.69) is 20.9 Å². The van der Waals surface area contributed by atoms with Gasteiger partial charge in [0, 0.05) is 22.1 Å². The lowest BCUT2D eigenvalue weighted by atomic mass is 10.3. The van der Waals surface area contributed by atoms with Gasteiger partial charge in [-0.1, -0.05) is 15.9 Å². The van der Waals surface area contributed by atoms with E-state index in [1.807, 2.05) is 24.3 Å². The molecule has 0 radical (unpaired) electrons. The SMILES string of the molecule is NCc1cnc(COc2ccc(Br)cc2)s1. The molecule has 0 spiro atoms. The van der Waals surface area contributed by atoms with Crippen LogP contribution in [0.25, 0.3) is 0 Å². The van der Waals surface area contributed by atoms with Gasteiger partial charge in [0.1, 0.15) is 17.4 Å². The average molecular weight is 299 g/mol. The van der Waals surface area contributed by atoms with E-state index in [1.54, 1.807) is 17.5 Å². The minimum atomic E-state index is 0.492. The highest BCUT2D eigenvalue weighted by atomic mass is 79.9. The smallest absolute Gasteiger partial charge is 0.140 e. The Kier molecular flexibility index (Phi) is 3.93. The topological polar surface area (TPSA) is 48.1 Å². The van der Waals surface area contributed by atoms with Gasteiger partial charge in [0.25, 0.3) is 0 Å². The molecule has 3 nitrogen and oxygen atoms in total. The van der Waals surface area contributed by atoms with Crippen LogP contribution in [0.5, 0.6) is 5.75 Å². The van der Waals surface area contributed by atoms with Crippen molar-refractivity contribution in [1.29, 1.82) is 0 Å². The van der Waals surface area contributed by atoms with Gasteiger partial charge >= 0.3 is 0 Å². The van der Waals surface area contributed by atoms with Crippen molar-refractivity contribution >= 4 is 27.3 Å². The molecule has 2 aromatic rings. The van der Waals surface area contributed by atoms with Crippen molar-refractivity contribution in [3.8, 4) is 5.75 Å². The van der Waals surface area contributed by atoms with Crippen LogP contribution >= 0.6 is 27.3 Å². The first kappa shape index (κ1) is 11.6. The monoisotopic (exact) mass is 298 g/mol. The van der Waals surface area contributed by atoms with Crippen molar-refractivity contribution in [2.24, 2.45) is 5.73 Å². The van der Waals surface area contributed by atoms with Crippen LogP contribution in [0.3, 0.4) is 0 Å². The molecule has 5 heteroatoms. The van der Waals surface area contributed by atoms with Gasteiger partial charge in [-0.15, -0.1) is 11.3 Å². The van der Waals surface area contributed by atoms with E-state index in [4.69, 9.17) is 10.5 Å². The van der Waals surface area contributed by atoms with Gasteiger partial charge in [-0.25, -0.2) is 4.98 Å². The predicted octanol–water partition coefficient (Wildman–Crippen LogP) is 2.94. The summed E-state index contributed by atoms with van der Waals surface area (Å²) in [6.07, 6.45) is 1.80. The van der Waals surface area contributed by atoms with Gasteiger partial charge in [0.2, 0.25) is 0 Å². The summed E-state index contributed by atoms with van der Waals surface area (Å²) in [6.45, 7) is 1.03. The predicted molar refractivity (Wildman–Crippen MR) is 68.5 cm³/mol. The summed E-state index contributed by atoms with van der Waals surface area (Å²) in [4.78, 5) is 5.30. The largest absolute Gasteiger partial charge is 0.486 e. The lowest BCUT2D eigenvalue weighted by Gasteiger charge is -2.03. The van der Waals surface area contributed by atoms with E-state index in [0.29, 0.717) is 13.2 Å². The van der Waals surface area contributed by atoms with Gasteiger partial charge in [-0.05, 0) is 24.3 Å². The summed E-state index contributed by atoms with van der Waals surface area (Å²) in [7, 11) is 0. The molecule has 1 aromatic heterocycles. The van der Waals surface area contributed by atoms with E-state index in [1.165, 1.54) is 0 Å². The third kappa shape index (κ3) is 3.04. The highest BCUT2D eigenvalue weighted by Gasteiger charge is 2.01. The summed E-state index contributed by atoms with van der Waals surface area (Å²) in [5.74, 6) is 0.840. The first-order valence-corrected chi connectivity index (χ1v) is 6.41. The number of aromatic nitrogens is 1. The highest BCUT2D eigenvalue weighted by molar-refractivity contribution is 9.10. The zero-order valence-electron chi connectivity index (χ0n) is 8.52. The molecule has 0 aliphatic rings. The Hall–Kier alpha value is -0.910. The van der Waals surface area contributed by atoms with E-state index >= 15 is 0 Å². The third-order valence-electron chi connectivity index (χ3n) is 1.98. The van der Waals surface area contributed by atoms with Gasteiger partial charge in [-0.3, -0.25) is 0 Å². The maximum atomic E-state index is 5.59. The van der Waals surface area contributed by atoms with Crippen molar-refractivity contribution in [3.63, 3.8) is 0 Å². The van der Waals surface area contributed by atoms with Gasteiger partial charge in [0.15, 0.2) is 0 Å².